The Balaban J connectivity index is 1.76. The number of carbonyl (C=O) groups excluding carboxylic acids is 2. The molecule has 1 atom stereocenters. The Labute approximate surface area is 196 Å². The average molecular weight is 524 g/mol. The summed E-state index contributed by atoms with van der Waals surface area (Å²) in [6.45, 7) is 3.31. The molecule has 1 heterocycles. The van der Waals surface area contributed by atoms with Gasteiger partial charge in [0.25, 0.3) is 0 Å². The number of benzene rings is 2. The van der Waals surface area contributed by atoms with Gasteiger partial charge < -0.3 is 14.5 Å². The Morgan fingerprint density at radius 2 is 1.59 bits per heavy atom. The zero-order valence-corrected chi connectivity index (χ0v) is 20.1. The van der Waals surface area contributed by atoms with Crippen LogP contribution in [0.1, 0.15) is 12.5 Å². The Morgan fingerprint density at radius 3 is 2.19 bits per heavy atom. The molecule has 0 bridgehead atoms. The summed E-state index contributed by atoms with van der Waals surface area (Å²) in [4.78, 5) is 28.5. The second-order valence-corrected chi connectivity index (χ2v) is 9.96. The molecule has 1 aliphatic rings. The van der Waals surface area contributed by atoms with E-state index in [1.165, 1.54) is 12.1 Å². The van der Waals surface area contributed by atoms with Crippen LogP contribution in [0.3, 0.4) is 0 Å². The molecule has 2 amide bonds. The summed E-state index contributed by atoms with van der Waals surface area (Å²) < 4.78 is 34.3. The summed E-state index contributed by atoms with van der Waals surface area (Å²) in [5.74, 6) is -0.321. The largest absolute Gasteiger partial charge is 0.450 e. The lowest BCUT2D eigenvalue weighted by molar-refractivity contribution is -0.134. The predicted molar refractivity (Wildman–Crippen MR) is 124 cm³/mol. The molecule has 3 rings (SSSR count). The third kappa shape index (κ3) is 6.30. The third-order valence-corrected chi connectivity index (χ3v) is 7.14. The van der Waals surface area contributed by atoms with E-state index in [1.54, 1.807) is 28.9 Å². The standard InChI is InChI=1S/C22H26BrN3O5S/c1-2-31-22(28)26-14-12-25(13-15-26)21(27)20(16-17-6-4-3-5-7-17)24-32(29,30)19-10-8-18(23)9-11-19/h3-11,20,24H,2,12-16H2,1H3/t20-/m1/s1. The summed E-state index contributed by atoms with van der Waals surface area (Å²) in [7, 11) is -3.91. The van der Waals surface area contributed by atoms with E-state index < -0.39 is 22.2 Å². The number of rotatable bonds is 7. The van der Waals surface area contributed by atoms with Gasteiger partial charge in [-0.15, -0.1) is 0 Å². The molecular formula is C22H26BrN3O5S. The molecule has 8 nitrogen and oxygen atoms in total. The van der Waals surface area contributed by atoms with Gasteiger partial charge in [0.15, 0.2) is 0 Å². The second kappa shape index (κ2) is 10.9. The van der Waals surface area contributed by atoms with Gasteiger partial charge >= 0.3 is 6.09 Å². The molecule has 0 unspecified atom stereocenters. The first-order valence-corrected chi connectivity index (χ1v) is 12.6. The van der Waals surface area contributed by atoms with Crippen LogP contribution < -0.4 is 4.72 Å². The van der Waals surface area contributed by atoms with Crippen molar-refractivity contribution >= 4 is 38.0 Å². The first-order valence-electron chi connectivity index (χ1n) is 10.3. The minimum Gasteiger partial charge on any atom is -0.450 e. The maximum Gasteiger partial charge on any atom is 0.409 e. The van der Waals surface area contributed by atoms with Gasteiger partial charge in [-0.25, -0.2) is 13.2 Å². The maximum absolute atomic E-state index is 13.3. The van der Waals surface area contributed by atoms with Crippen molar-refractivity contribution in [3.63, 3.8) is 0 Å². The first kappa shape index (κ1) is 24.2. The van der Waals surface area contributed by atoms with Gasteiger partial charge in [0.1, 0.15) is 6.04 Å². The summed E-state index contributed by atoms with van der Waals surface area (Å²) in [6, 6.07) is 14.5. The van der Waals surface area contributed by atoms with Crippen molar-refractivity contribution in [3.8, 4) is 0 Å². The van der Waals surface area contributed by atoms with Crippen molar-refractivity contribution in [3.05, 3.63) is 64.6 Å². The fourth-order valence-corrected chi connectivity index (χ4v) is 4.90. The van der Waals surface area contributed by atoms with Gasteiger partial charge in [0.2, 0.25) is 15.9 Å². The SMILES string of the molecule is CCOC(=O)N1CCN(C(=O)[C@@H](Cc2ccccc2)NS(=O)(=O)c2ccc(Br)cc2)CC1. The molecule has 1 aliphatic heterocycles. The lowest BCUT2D eigenvalue weighted by atomic mass is 10.1. The summed E-state index contributed by atoms with van der Waals surface area (Å²) in [6.07, 6.45) is -0.190. The van der Waals surface area contributed by atoms with E-state index in [-0.39, 0.29) is 23.8 Å². The van der Waals surface area contributed by atoms with Crippen LogP contribution in [0.25, 0.3) is 0 Å². The topological polar surface area (TPSA) is 96.0 Å². The Bertz CT molecular complexity index is 1020. The van der Waals surface area contributed by atoms with Crippen LogP contribution in [0.15, 0.2) is 64.0 Å². The number of halogens is 1. The molecule has 10 heteroatoms. The number of sulfonamides is 1. The molecule has 2 aromatic carbocycles. The van der Waals surface area contributed by atoms with Gasteiger partial charge in [-0.3, -0.25) is 4.79 Å². The fraction of sp³-hybridized carbons (Fsp3) is 0.364. The summed E-state index contributed by atoms with van der Waals surface area (Å²) >= 11 is 3.29. The number of carbonyl (C=O) groups is 2. The number of nitrogens with one attached hydrogen (secondary N) is 1. The molecule has 0 spiro atoms. The van der Waals surface area contributed by atoms with Crippen LogP contribution in [0.4, 0.5) is 4.79 Å². The molecule has 0 aromatic heterocycles. The van der Waals surface area contributed by atoms with Crippen molar-refractivity contribution in [2.45, 2.75) is 24.3 Å². The minimum atomic E-state index is -3.91. The van der Waals surface area contributed by atoms with E-state index in [0.717, 1.165) is 10.0 Å². The van der Waals surface area contributed by atoms with Crippen molar-refractivity contribution in [1.82, 2.24) is 14.5 Å². The highest BCUT2D eigenvalue weighted by molar-refractivity contribution is 9.10. The molecule has 0 radical (unpaired) electrons. The van der Waals surface area contributed by atoms with Crippen molar-refractivity contribution < 1.29 is 22.7 Å². The maximum atomic E-state index is 13.3. The van der Waals surface area contributed by atoms with Crippen LogP contribution in [0, 0.1) is 0 Å². The van der Waals surface area contributed by atoms with Crippen molar-refractivity contribution in [2.75, 3.05) is 32.8 Å². The summed E-state index contributed by atoms with van der Waals surface area (Å²) in [5.41, 5.74) is 0.842. The van der Waals surface area contributed by atoms with Crippen LogP contribution in [-0.2, 0) is 26.0 Å². The van der Waals surface area contributed by atoms with E-state index >= 15 is 0 Å². The van der Waals surface area contributed by atoms with E-state index in [1.807, 2.05) is 30.3 Å². The number of hydrogen-bond acceptors (Lipinski definition) is 5. The van der Waals surface area contributed by atoms with Crippen LogP contribution >= 0.6 is 15.9 Å². The highest BCUT2D eigenvalue weighted by atomic mass is 79.9. The van der Waals surface area contributed by atoms with E-state index in [2.05, 4.69) is 20.7 Å². The predicted octanol–water partition coefficient (Wildman–Crippen LogP) is 2.64. The molecule has 1 saturated heterocycles. The fourth-order valence-electron chi connectivity index (χ4n) is 3.44. The normalized spacial score (nSPS) is 15.3. The highest BCUT2D eigenvalue weighted by Gasteiger charge is 2.32. The van der Waals surface area contributed by atoms with Crippen molar-refractivity contribution in [1.29, 1.82) is 0 Å². The van der Waals surface area contributed by atoms with E-state index in [0.29, 0.717) is 26.2 Å². The lowest BCUT2D eigenvalue weighted by Gasteiger charge is -2.36. The third-order valence-electron chi connectivity index (χ3n) is 5.12. The van der Waals surface area contributed by atoms with Crippen molar-refractivity contribution in [2.24, 2.45) is 0 Å². The van der Waals surface area contributed by atoms with E-state index in [9.17, 15) is 18.0 Å². The number of amides is 2. The lowest BCUT2D eigenvalue weighted by Crippen LogP contribution is -2.56. The minimum absolute atomic E-state index is 0.0821. The van der Waals surface area contributed by atoms with Gasteiger partial charge in [0, 0.05) is 30.7 Å². The number of piperazine rings is 1. The Hall–Kier alpha value is -2.43. The molecule has 1 N–H and O–H groups in total. The molecule has 2 aromatic rings. The van der Waals surface area contributed by atoms with Crippen LogP contribution in [0.5, 0.6) is 0 Å². The summed E-state index contributed by atoms with van der Waals surface area (Å²) in [5, 5.41) is 0. The average Bonchev–Trinajstić information content (AvgIpc) is 2.79. The zero-order chi connectivity index (χ0) is 23.1. The van der Waals surface area contributed by atoms with Gasteiger partial charge in [-0.1, -0.05) is 46.3 Å². The van der Waals surface area contributed by atoms with Gasteiger partial charge in [-0.05, 0) is 43.2 Å². The van der Waals surface area contributed by atoms with Crippen LogP contribution in [-0.4, -0.2) is 69.0 Å². The molecule has 0 aliphatic carbocycles. The molecule has 0 saturated carbocycles. The number of ether oxygens (including phenoxy) is 1. The van der Waals surface area contributed by atoms with E-state index in [4.69, 9.17) is 4.74 Å². The quantitative estimate of drug-likeness (QED) is 0.601. The monoisotopic (exact) mass is 523 g/mol. The van der Waals surface area contributed by atoms with Crippen LogP contribution in [0.2, 0.25) is 0 Å². The smallest absolute Gasteiger partial charge is 0.409 e. The second-order valence-electron chi connectivity index (χ2n) is 7.33. The Kier molecular flexibility index (Phi) is 8.27. The highest BCUT2D eigenvalue weighted by Crippen LogP contribution is 2.17. The number of nitrogens with zero attached hydrogens (tertiary/aromatic N) is 2. The molecule has 32 heavy (non-hydrogen) atoms. The molecule has 172 valence electrons. The molecular weight excluding hydrogens is 498 g/mol. The van der Waals surface area contributed by atoms with Gasteiger partial charge in [0.05, 0.1) is 11.5 Å². The molecule has 1 fully saturated rings. The first-order chi connectivity index (χ1) is 15.3. The number of hydrogen-bond donors (Lipinski definition) is 1. The van der Waals surface area contributed by atoms with Gasteiger partial charge in [-0.2, -0.15) is 4.72 Å². The zero-order valence-electron chi connectivity index (χ0n) is 17.7. The Morgan fingerprint density at radius 1 is 1.00 bits per heavy atom.